The molecule has 0 amide bonds. The predicted octanol–water partition coefficient (Wildman–Crippen LogP) is 15.5. The number of nitrogens with two attached hydrogens (primary N) is 1. The van der Waals surface area contributed by atoms with Gasteiger partial charge in [0.1, 0.15) is 12.1 Å². The van der Waals surface area contributed by atoms with Gasteiger partial charge in [-0.3, -0.25) is 18.6 Å². The van der Waals surface area contributed by atoms with Crippen LogP contribution in [0.15, 0.2) is 0 Å². The number of phosphoric acid groups is 1. The number of hydrogen-bond acceptors (Lipinski definition) is 8. The summed E-state index contributed by atoms with van der Waals surface area (Å²) in [7, 11) is -4.61. The second kappa shape index (κ2) is 47.9. The molecule has 4 N–H and O–H groups in total. The third-order valence-electron chi connectivity index (χ3n) is 12.1. The molecule has 3 unspecified atom stereocenters. The molecule has 0 spiro atoms. The van der Waals surface area contributed by atoms with E-state index in [1.54, 1.807) is 0 Å². The molecule has 0 saturated heterocycles. The second-order valence-corrected chi connectivity index (χ2v) is 19.8. The maximum atomic E-state index is 12.7. The van der Waals surface area contributed by atoms with Gasteiger partial charge in [0.2, 0.25) is 0 Å². The Morgan fingerprint density at radius 1 is 0.452 bits per heavy atom. The van der Waals surface area contributed by atoms with Crippen LogP contribution in [0.5, 0.6) is 0 Å². The Labute approximate surface area is 382 Å². The average Bonchev–Trinajstić information content (AvgIpc) is 3.25. The summed E-state index contributed by atoms with van der Waals surface area (Å²) in [5.74, 6) is -1.76. The van der Waals surface area contributed by atoms with E-state index in [4.69, 9.17) is 29.4 Å². The number of rotatable bonds is 52. The van der Waals surface area contributed by atoms with Crippen LogP contribution in [-0.2, 0) is 32.7 Å². The first-order valence-electron chi connectivity index (χ1n) is 26.6. The maximum absolute atomic E-state index is 12.7. The molecule has 0 aromatic rings. The van der Waals surface area contributed by atoms with Crippen LogP contribution in [0.4, 0.5) is 0 Å². The number of aliphatic carboxylic acids is 1. The summed E-state index contributed by atoms with van der Waals surface area (Å²) < 4.78 is 33.5. The summed E-state index contributed by atoms with van der Waals surface area (Å²) in [6.45, 7) is 3.96. The van der Waals surface area contributed by atoms with Crippen LogP contribution in [0.1, 0.15) is 277 Å². The molecule has 62 heavy (non-hydrogen) atoms. The molecule has 0 saturated carbocycles. The lowest BCUT2D eigenvalue weighted by Crippen LogP contribution is -2.34. The SMILES string of the molecule is CCCCCCCCCCCCCCCCCCCCCCCCCCOCC(COP(=O)(O)OCC(N)C(=O)O)OC(=O)CCCCCCCCCCCCCCCCCC. The number of phosphoric ester groups is 1. The van der Waals surface area contributed by atoms with E-state index >= 15 is 0 Å². The lowest BCUT2D eigenvalue weighted by molar-refractivity contribution is -0.154. The summed E-state index contributed by atoms with van der Waals surface area (Å²) >= 11 is 0. The quantitative estimate of drug-likeness (QED) is 0.0305. The summed E-state index contributed by atoms with van der Waals surface area (Å²) in [6, 6.07) is -1.47. The Hall–Kier alpha value is -1.03. The molecule has 0 aromatic carbocycles. The van der Waals surface area contributed by atoms with Crippen molar-refractivity contribution in [1.29, 1.82) is 0 Å². The molecule has 0 aromatic heterocycles. The maximum Gasteiger partial charge on any atom is 0.472 e. The molecule has 0 aliphatic heterocycles. The van der Waals surface area contributed by atoms with Crippen molar-refractivity contribution in [2.45, 2.75) is 289 Å². The van der Waals surface area contributed by atoms with Gasteiger partial charge in [-0.2, -0.15) is 0 Å². The van der Waals surface area contributed by atoms with Gasteiger partial charge >= 0.3 is 19.8 Å². The topological polar surface area (TPSA) is 155 Å². The number of ether oxygens (including phenoxy) is 2. The van der Waals surface area contributed by atoms with Crippen LogP contribution in [0, 0.1) is 0 Å². The van der Waals surface area contributed by atoms with Crippen molar-refractivity contribution in [2.24, 2.45) is 5.73 Å². The molecule has 0 bridgehead atoms. The molecule has 11 heteroatoms. The molecule has 0 aliphatic carbocycles. The molecule has 0 fully saturated rings. The highest BCUT2D eigenvalue weighted by Crippen LogP contribution is 2.43. The number of carbonyl (C=O) groups is 2. The summed E-state index contributed by atoms with van der Waals surface area (Å²) in [4.78, 5) is 33.7. The summed E-state index contributed by atoms with van der Waals surface area (Å²) in [5, 5.41) is 8.93. The number of hydrogen-bond donors (Lipinski definition) is 3. The van der Waals surface area contributed by atoms with Crippen LogP contribution in [0.2, 0.25) is 0 Å². The van der Waals surface area contributed by atoms with Crippen LogP contribution in [-0.4, -0.2) is 60.5 Å². The van der Waals surface area contributed by atoms with Gasteiger partial charge < -0.3 is 25.2 Å². The Bertz CT molecular complexity index is 1000. The first-order valence-corrected chi connectivity index (χ1v) is 28.1. The fraction of sp³-hybridized carbons (Fsp3) is 0.961. The van der Waals surface area contributed by atoms with Gasteiger partial charge in [0.15, 0.2) is 0 Å². The fourth-order valence-electron chi connectivity index (χ4n) is 8.02. The summed E-state index contributed by atoms with van der Waals surface area (Å²) in [6.07, 6.45) is 51.7. The van der Waals surface area contributed by atoms with Crippen molar-refractivity contribution in [2.75, 3.05) is 26.4 Å². The van der Waals surface area contributed by atoms with Gasteiger partial charge in [-0.25, -0.2) is 4.57 Å². The zero-order valence-corrected chi connectivity index (χ0v) is 41.6. The molecule has 370 valence electrons. The standard InChI is InChI=1S/C51H102NO9P/c1-3-5-7-9-11-13-15-17-19-21-22-23-24-25-26-27-28-30-32-34-36-38-40-42-44-58-45-48(46-59-62(56,57)60-47-49(52)51(54)55)61-50(53)43-41-39-37-35-33-31-29-20-18-16-14-12-10-8-6-4-2/h48-49H,3-47,52H2,1-2H3,(H,54,55)(H,56,57). The smallest absolute Gasteiger partial charge is 0.472 e. The average molecular weight is 904 g/mol. The van der Waals surface area contributed by atoms with Crippen LogP contribution in [0.3, 0.4) is 0 Å². The third-order valence-corrected chi connectivity index (χ3v) is 13.1. The molecule has 10 nitrogen and oxygen atoms in total. The lowest BCUT2D eigenvalue weighted by atomic mass is 10.0. The molecule has 0 aliphatic rings. The molecule has 0 rings (SSSR count). The van der Waals surface area contributed by atoms with Crippen LogP contribution < -0.4 is 5.73 Å². The van der Waals surface area contributed by atoms with Gasteiger partial charge in [-0.05, 0) is 12.8 Å². The van der Waals surface area contributed by atoms with E-state index in [1.165, 1.54) is 218 Å². The van der Waals surface area contributed by atoms with E-state index in [9.17, 15) is 19.0 Å². The minimum atomic E-state index is -4.61. The van der Waals surface area contributed by atoms with Crippen molar-refractivity contribution in [3.05, 3.63) is 0 Å². The highest BCUT2D eigenvalue weighted by molar-refractivity contribution is 7.47. The molecule has 0 heterocycles. The third kappa shape index (κ3) is 46.9. The Balaban J connectivity index is 4.02. The monoisotopic (exact) mass is 904 g/mol. The first-order chi connectivity index (χ1) is 30.2. The van der Waals surface area contributed by atoms with Gasteiger partial charge in [0.05, 0.1) is 19.8 Å². The van der Waals surface area contributed by atoms with Crippen molar-refractivity contribution in [1.82, 2.24) is 0 Å². The van der Waals surface area contributed by atoms with E-state index in [0.717, 1.165) is 38.5 Å². The highest BCUT2D eigenvalue weighted by atomic mass is 31.2. The minimum Gasteiger partial charge on any atom is -0.480 e. The molecule has 0 radical (unpaired) electrons. The minimum absolute atomic E-state index is 0.0265. The summed E-state index contributed by atoms with van der Waals surface area (Å²) in [5.41, 5.74) is 5.38. The van der Waals surface area contributed by atoms with Gasteiger partial charge in [-0.1, -0.05) is 258 Å². The van der Waals surface area contributed by atoms with Crippen molar-refractivity contribution in [3.63, 3.8) is 0 Å². The van der Waals surface area contributed by atoms with E-state index in [-0.39, 0.29) is 13.0 Å². The van der Waals surface area contributed by atoms with E-state index in [2.05, 4.69) is 13.8 Å². The molecular weight excluding hydrogens is 802 g/mol. The lowest BCUT2D eigenvalue weighted by Gasteiger charge is -2.20. The second-order valence-electron chi connectivity index (χ2n) is 18.4. The molecule has 3 atom stereocenters. The number of esters is 1. The van der Waals surface area contributed by atoms with Crippen LogP contribution >= 0.6 is 7.82 Å². The van der Waals surface area contributed by atoms with E-state index < -0.39 is 45.1 Å². The molecular formula is C51H102NO9P. The zero-order valence-electron chi connectivity index (χ0n) is 40.8. The fourth-order valence-corrected chi connectivity index (χ4v) is 8.80. The number of carboxylic acid groups (broad SMARTS) is 1. The van der Waals surface area contributed by atoms with Crippen molar-refractivity contribution < 1.29 is 42.7 Å². The number of carbonyl (C=O) groups excluding carboxylic acids is 1. The van der Waals surface area contributed by atoms with Gasteiger partial charge in [0, 0.05) is 13.0 Å². The first kappa shape index (κ1) is 61.0. The Morgan fingerprint density at radius 2 is 0.742 bits per heavy atom. The largest absolute Gasteiger partial charge is 0.480 e. The predicted molar refractivity (Wildman–Crippen MR) is 259 cm³/mol. The van der Waals surface area contributed by atoms with E-state index in [1.807, 2.05) is 0 Å². The van der Waals surface area contributed by atoms with Crippen molar-refractivity contribution >= 4 is 19.8 Å². The van der Waals surface area contributed by atoms with E-state index in [0.29, 0.717) is 6.61 Å². The number of carboxylic acids is 1. The Kier molecular flexibility index (Phi) is 47.1. The zero-order chi connectivity index (χ0) is 45.5. The van der Waals surface area contributed by atoms with Crippen LogP contribution in [0.25, 0.3) is 0 Å². The highest BCUT2D eigenvalue weighted by Gasteiger charge is 2.27. The number of unbranched alkanes of at least 4 members (excludes halogenated alkanes) is 38. The van der Waals surface area contributed by atoms with Gasteiger partial charge in [-0.15, -0.1) is 0 Å². The Morgan fingerprint density at radius 3 is 1.06 bits per heavy atom. The van der Waals surface area contributed by atoms with Crippen molar-refractivity contribution in [3.8, 4) is 0 Å². The van der Waals surface area contributed by atoms with Gasteiger partial charge in [0.25, 0.3) is 0 Å². The normalized spacial score (nSPS) is 13.6.